The van der Waals surface area contributed by atoms with Gasteiger partial charge in [0.1, 0.15) is 29.2 Å². The number of amides is 1. The number of nitrogens with zero attached hydrogens (tertiary/aromatic N) is 5. The van der Waals surface area contributed by atoms with E-state index in [2.05, 4.69) is 21.4 Å². The standard InChI is InChI=1S/C29H26FN5O3.C2H7N/c1-37-25-13-20(29(36)34-9-2-3-10-34)16-33-27(25)26-14-23-28(38-26)22(6-8-32-23)18-4-5-24(19(12-18)15-31)35-11-7-21(30)17-35;1-3-2/h4-6,8,12-14,16,21H,2-3,7,9-11,17H2,1H3;3H,1-2H3. The molecule has 0 radical (unpaired) electrons. The van der Waals surface area contributed by atoms with Crippen molar-refractivity contribution in [3.8, 4) is 34.4 Å². The minimum Gasteiger partial charge on any atom is -0.494 e. The van der Waals surface area contributed by atoms with Crippen LogP contribution in [-0.2, 0) is 0 Å². The van der Waals surface area contributed by atoms with E-state index in [-0.39, 0.29) is 5.91 Å². The van der Waals surface area contributed by atoms with Crippen molar-refractivity contribution in [2.24, 2.45) is 0 Å². The summed E-state index contributed by atoms with van der Waals surface area (Å²) in [7, 11) is 5.29. The number of nitriles is 1. The first-order valence-corrected chi connectivity index (χ1v) is 13.7. The quantitative estimate of drug-likeness (QED) is 0.364. The summed E-state index contributed by atoms with van der Waals surface area (Å²) in [6, 6.07) is 13.2. The fourth-order valence-corrected chi connectivity index (χ4v) is 5.29. The van der Waals surface area contributed by atoms with Crippen molar-refractivity contribution in [1.82, 2.24) is 20.2 Å². The number of alkyl halides is 1. The van der Waals surface area contributed by atoms with Crippen LogP contribution in [0, 0.1) is 11.3 Å². The first-order chi connectivity index (χ1) is 20.0. The van der Waals surface area contributed by atoms with Gasteiger partial charge in [0.05, 0.1) is 23.9 Å². The number of halogens is 1. The number of aromatic nitrogens is 2. The number of nitrogens with one attached hydrogen (secondary N) is 1. The number of anilines is 1. The maximum absolute atomic E-state index is 13.8. The van der Waals surface area contributed by atoms with E-state index in [4.69, 9.17) is 9.15 Å². The van der Waals surface area contributed by atoms with Gasteiger partial charge in [0.15, 0.2) is 11.3 Å². The third-order valence-corrected chi connectivity index (χ3v) is 7.26. The lowest BCUT2D eigenvalue weighted by molar-refractivity contribution is 0.0792. The molecule has 2 aliphatic rings. The van der Waals surface area contributed by atoms with E-state index in [0.717, 1.165) is 42.7 Å². The molecule has 2 aliphatic heterocycles. The number of rotatable bonds is 5. The van der Waals surface area contributed by atoms with Gasteiger partial charge in [-0.15, -0.1) is 0 Å². The number of furan rings is 1. The molecular formula is C31H33FN6O3. The Morgan fingerprint density at radius 1 is 1.15 bits per heavy atom. The molecule has 2 saturated heterocycles. The van der Waals surface area contributed by atoms with E-state index in [1.165, 1.54) is 7.11 Å². The molecule has 2 fully saturated rings. The third-order valence-electron chi connectivity index (χ3n) is 7.26. The Hall–Kier alpha value is -4.49. The Kier molecular flexibility index (Phi) is 8.45. The van der Waals surface area contributed by atoms with Gasteiger partial charge in [-0.3, -0.25) is 9.78 Å². The highest BCUT2D eigenvalue weighted by atomic mass is 19.1. The van der Waals surface area contributed by atoms with Crippen molar-refractivity contribution >= 4 is 22.7 Å². The van der Waals surface area contributed by atoms with Crippen LogP contribution in [-0.4, -0.2) is 74.3 Å². The van der Waals surface area contributed by atoms with Crippen LogP contribution in [0.4, 0.5) is 10.1 Å². The molecule has 41 heavy (non-hydrogen) atoms. The number of carbonyl (C=O) groups is 1. The predicted octanol–water partition coefficient (Wildman–Crippen LogP) is 5.06. The van der Waals surface area contributed by atoms with Crippen LogP contribution < -0.4 is 15.0 Å². The maximum atomic E-state index is 13.8. The Balaban J connectivity index is 0.00000108. The molecule has 5 heterocycles. The van der Waals surface area contributed by atoms with Crippen LogP contribution >= 0.6 is 0 Å². The van der Waals surface area contributed by atoms with E-state index in [0.29, 0.717) is 58.9 Å². The fraction of sp³-hybridized carbons (Fsp3) is 0.355. The van der Waals surface area contributed by atoms with E-state index >= 15 is 0 Å². The highest BCUT2D eigenvalue weighted by Crippen LogP contribution is 2.38. The average Bonchev–Trinajstić information content (AvgIpc) is 3.77. The molecule has 10 heteroatoms. The van der Waals surface area contributed by atoms with Crippen molar-refractivity contribution in [2.45, 2.75) is 25.4 Å². The van der Waals surface area contributed by atoms with Crippen molar-refractivity contribution in [3.05, 3.63) is 59.9 Å². The van der Waals surface area contributed by atoms with E-state index in [1.807, 2.05) is 42.1 Å². The monoisotopic (exact) mass is 556 g/mol. The molecule has 1 N–H and O–H groups in total. The molecule has 212 valence electrons. The lowest BCUT2D eigenvalue weighted by Crippen LogP contribution is -2.27. The van der Waals surface area contributed by atoms with Crippen LogP contribution in [0.2, 0.25) is 0 Å². The largest absolute Gasteiger partial charge is 0.494 e. The van der Waals surface area contributed by atoms with Gasteiger partial charge in [-0.2, -0.15) is 5.26 Å². The van der Waals surface area contributed by atoms with E-state index in [1.54, 1.807) is 30.6 Å². The number of likely N-dealkylation sites (tertiary alicyclic amines) is 1. The second kappa shape index (κ2) is 12.4. The highest BCUT2D eigenvalue weighted by Gasteiger charge is 2.25. The molecule has 3 aromatic heterocycles. The SMILES string of the molecule is CNC.COc1cc(C(=O)N2CCCC2)cnc1-c1cc2nccc(-c3ccc(N4CCC(F)C4)c(C#N)c3)c2o1. The molecule has 0 saturated carbocycles. The smallest absolute Gasteiger partial charge is 0.255 e. The number of pyridine rings is 2. The van der Waals surface area contributed by atoms with Gasteiger partial charge < -0.3 is 24.3 Å². The maximum Gasteiger partial charge on any atom is 0.255 e. The summed E-state index contributed by atoms with van der Waals surface area (Å²) in [5.74, 6) is 0.838. The molecule has 0 bridgehead atoms. The Morgan fingerprint density at radius 3 is 2.61 bits per heavy atom. The summed E-state index contributed by atoms with van der Waals surface area (Å²) in [6.07, 6.45) is 4.86. The Bertz CT molecular complexity index is 1590. The van der Waals surface area contributed by atoms with Gasteiger partial charge in [0, 0.05) is 50.2 Å². The van der Waals surface area contributed by atoms with Gasteiger partial charge in [-0.1, -0.05) is 6.07 Å². The summed E-state index contributed by atoms with van der Waals surface area (Å²) in [5, 5.41) is 12.6. The first kappa shape index (κ1) is 28.1. The summed E-state index contributed by atoms with van der Waals surface area (Å²) in [4.78, 5) is 25.6. The van der Waals surface area contributed by atoms with Gasteiger partial charge in [-0.05, 0) is 63.2 Å². The summed E-state index contributed by atoms with van der Waals surface area (Å²) >= 11 is 0. The van der Waals surface area contributed by atoms with E-state index in [9.17, 15) is 14.4 Å². The lowest BCUT2D eigenvalue weighted by Gasteiger charge is -2.19. The fourth-order valence-electron chi connectivity index (χ4n) is 5.29. The molecule has 4 aromatic rings. The number of fused-ring (bicyclic) bond motifs is 1. The topological polar surface area (TPSA) is 108 Å². The normalized spacial score (nSPS) is 16.4. The van der Waals surface area contributed by atoms with Crippen molar-refractivity contribution in [1.29, 1.82) is 5.26 Å². The van der Waals surface area contributed by atoms with Crippen LogP contribution in [0.25, 0.3) is 33.7 Å². The number of hydrogen-bond acceptors (Lipinski definition) is 8. The number of methoxy groups -OCH3 is 1. The summed E-state index contributed by atoms with van der Waals surface area (Å²) in [6.45, 7) is 2.40. The van der Waals surface area contributed by atoms with Crippen LogP contribution in [0.3, 0.4) is 0 Å². The third kappa shape index (κ3) is 5.72. The second-order valence-electron chi connectivity index (χ2n) is 10.1. The molecule has 6 rings (SSSR count). The van der Waals surface area contributed by atoms with Gasteiger partial charge in [-0.25, -0.2) is 9.37 Å². The molecule has 1 amide bonds. The van der Waals surface area contributed by atoms with Crippen molar-refractivity contribution in [2.75, 3.05) is 52.3 Å². The Labute approximate surface area is 238 Å². The summed E-state index contributed by atoms with van der Waals surface area (Å²) < 4.78 is 25.6. The highest BCUT2D eigenvalue weighted by molar-refractivity contribution is 5.96. The van der Waals surface area contributed by atoms with Crippen LogP contribution in [0.5, 0.6) is 5.75 Å². The average molecular weight is 557 g/mol. The molecule has 0 aliphatic carbocycles. The van der Waals surface area contributed by atoms with Crippen LogP contribution in [0.1, 0.15) is 35.2 Å². The first-order valence-electron chi connectivity index (χ1n) is 13.7. The Morgan fingerprint density at radius 2 is 1.93 bits per heavy atom. The molecule has 9 nitrogen and oxygen atoms in total. The zero-order chi connectivity index (χ0) is 28.9. The molecule has 1 unspecified atom stereocenters. The zero-order valence-electron chi connectivity index (χ0n) is 23.5. The zero-order valence-corrected chi connectivity index (χ0v) is 23.5. The van der Waals surface area contributed by atoms with Gasteiger partial charge in [0.25, 0.3) is 5.91 Å². The number of hydrogen-bond donors (Lipinski definition) is 1. The molecule has 1 aromatic carbocycles. The summed E-state index contributed by atoms with van der Waals surface area (Å²) in [5.41, 5.74) is 4.90. The molecule has 0 spiro atoms. The number of ether oxygens (including phenoxy) is 1. The lowest BCUT2D eigenvalue weighted by atomic mass is 10.0. The number of carbonyl (C=O) groups excluding carboxylic acids is 1. The predicted molar refractivity (Wildman–Crippen MR) is 156 cm³/mol. The van der Waals surface area contributed by atoms with Gasteiger partial charge >= 0.3 is 0 Å². The second-order valence-corrected chi connectivity index (χ2v) is 10.1. The minimum absolute atomic E-state index is 0.0545. The minimum atomic E-state index is -0.874. The van der Waals surface area contributed by atoms with Crippen molar-refractivity contribution in [3.63, 3.8) is 0 Å². The molecular weight excluding hydrogens is 523 g/mol. The van der Waals surface area contributed by atoms with Crippen molar-refractivity contribution < 1.29 is 18.3 Å². The van der Waals surface area contributed by atoms with Gasteiger partial charge in [0.2, 0.25) is 0 Å². The van der Waals surface area contributed by atoms with E-state index < -0.39 is 6.17 Å². The number of benzene rings is 1. The van der Waals surface area contributed by atoms with Crippen LogP contribution in [0.15, 0.2) is 53.2 Å². The molecule has 1 atom stereocenters.